The standard InChI is InChI=1S/C17H18Cl2N2O4/c1-23-14-5-4-10(6-11(14)18)20-9-17(22)21-13-7-12(19)15(24-2)8-16(13)25-3/h4-8,20H,9H2,1-3H3,(H,21,22). The first-order chi connectivity index (χ1) is 12.0. The van der Waals surface area contributed by atoms with E-state index >= 15 is 0 Å². The van der Waals surface area contributed by atoms with Gasteiger partial charge in [0.1, 0.15) is 17.2 Å². The Balaban J connectivity index is 2.03. The van der Waals surface area contributed by atoms with Crippen molar-refractivity contribution in [2.75, 3.05) is 38.5 Å². The largest absolute Gasteiger partial charge is 0.495 e. The molecule has 2 aromatic rings. The fraction of sp³-hybridized carbons (Fsp3) is 0.235. The van der Waals surface area contributed by atoms with Crippen LogP contribution in [0.4, 0.5) is 11.4 Å². The molecule has 0 atom stereocenters. The summed E-state index contributed by atoms with van der Waals surface area (Å²) < 4.78 is 15.5. The van der Waals surface area contributed by atoms with Gasteiger partial charge in [-0.05, 0) is 24.3 Å². The molecule has 0 radical (unpaired) electrons. The molecule has 0 aromatic heterocycles. The van der Waals surface area contributed by atoms with Gasteiger partial charge >= 0.3 is 0 Å². The number of amides is 1. The van der Waals surface area contributed by atoms with Crippen molar-refractivity contribution in [3.63, 3.8) is 0 Å². The van der Waals surface area contributed by atoms with Crippen LogP contribution in [0.15, 0.2) is 30.3 Å². The number of nitrogens with one attached hydrogen (secondary N) is 2. The minimum absolute atomic E-state index is 0.0372. The molecule has 0 aliphatic rings. The predicted octanol–water partition coefficient (Wildman–Crippen LogP) is 4.07. The second-order valence-electron chi connectivity index (χ2n) is 4.94. The Hall–Kier alpha value is -2.31. The summed E-state index contributed by atoms with van der Waals surface area (Å²) in [5, 5.41) is 6.54. The highest BCUT2D eigenvalue weighted by atomic mass is 35.5. The zero-order chi connectivity index (χ0) is 18.4. The Labute approximate surface area is 156 Å². The van der Waals surface area contributed by atoms with Crippen LogP contribution in [-0.2, 0) is 4.79 Å². The molecule has 25 heavy (non-hydrogen) atoms. The second-order valence-corrected chi connectivity index (χ2v) is 5.75. The maximum atomic E-state index is 12.2. The molecule has 0 aliphatic heterocycles. The lowest BCUT2D eigenvalue weighted by Gasteiger charge is -2.14. The van der Waals surface area contributed by atoms with Gasteiger partial charge in [0, 0.05) is 11.8 Å². The third kappa shape index (κ3) is 4.84. The van der Waals surface area contributed by atoms with Crippen LogP contribution in [0, 0.1) is 0 Å². The van der Waals surface area contributed by atoms with E-state index in [1.165, 1.54) is 21.3 Å². The van der Waals surface area contributed by atoms with Crippen LogP contribution in [0.25, 0.3) is 0 Å². The molecule has 0 bridgehead atoms. The van der Waals surface area contributed by atoms with Gasteiger partial charge in [-0.2, -0.15) is 0 Å². The number of rotatable bonds is 7. The molecule has 2 rings (SSSR count). The third-order valence-corrected chi connectivity index (χ3v) is 3.94. The van der Waals surface area contributed by atoms with Crippen LogP contribution in [-0.4, -0.2) is 33.8 Å². The number of benzene rings is 2. The van der Waals surface area contributed by atoms with E-state index in [1.54, 1.807) is 30.3 Å². The Morgan fingerprint density at radius 1 is 0.920 bits per heavy atom. The fourth-order valence-corrected chi connectivity index (χ4v) is 2.61. The minimum Gasteiger partial charge on any atom is -0.495 e. The number of carbonyl (C=O) groups is 1. The monoisotopic (exact) mass is 384 g/mol. The van der Waals surface area contributed by atoms with Gasteiger partial charge in [0.15, 0.2) is 0 Å². The van der Waals surface area contributed by atoms with Gasteiger partial charge in [-0.1, -0.05) is 23.2 Å². The molecule has 6 nitrogen and oxygen atoms in total. The molecule has 0 spiro atoms. The van der Waals surface area contributed by atoms with Gasteiger partial charge in [0.2, 0.25) is 5.91 Å². The number of halogens is 2. The molecule has 134 valence electrons. The molecule has 0 saturated heterocycles. The average Bonchev–Trinajstić information content (AvgIpc) is 2.60. The number of hydrogen-bond acceptors (Lipinski definition) is 5. The molecule has 0 aliphatic carbocycles. The SMILES string of the molecule is COc1ccc(NCC(=O)Nc2cc(Cl)c(OC)cc2OC)cc1Cl. The summed E-state index contributed by atoms with van der Waals surface area (Å²) in [6.07, 6.45) is 0. The van der Waals surface area contributed by atoms with Crippen LogP contribution in [0.2, 0.25) is 10.0 Å². The zero-order valence-electron chi connectivity index (χ0n) is 14.0. The Kier molecular flexibility index (Phi) is 6.61. The fourth-order valence-electron chi connectivity index (χ4n) is 2.11. The van der Waals surface area contributed by atoms with Gasteiger partial charge < -0.3 is 24.8 Å². The molecular formula is C17H18Cl2N2O4. The number of methoxy groups -OCH3 is 3. The number of ether oxygens (including phenoxy) is 3. The summed E-state index contributed by atoms with van der Waals surface area (Å²) >= 11 is 12.1. The third-order valence-electron chi connectivity index (χ3n) is 3.35. The Bertz CT molecular complexity index is 769. The lowest BCUT2D eigenvalue weighted by Crippen LogP contribution is -2.22. The van der Waals surface area contributed by atoms with E-state index in [1.807, 2.05) is 0 Å². The maximum Gasteiger partial charge on any atom is 0.243 e. The van der Waals surface area contributed by atoms with Crippen LogP contribution < -0.4 is 24.8 Å². The zero-order valence-corrected chi connectivity index (χ0v) is 15.5. The van der Waals surface area contributed by atoms with Crippen molar-refractivity contribution < 1.29 is 19.0 Å². The van der Waals surface area contributed by atoms with Crippen LogP contribution in [0.5, 0.6) is 17.2 Å². The van der Waals surface area contributed by atoms with Crippen molar-refractivity contribution in [3.05, 3.63) is 40.4 Å². The van der Waals surface area contributed by atoms with E-state index in [2.05, 4.69) is 10.6 Å². The molecule has 1 amide bonds. The van der Waals surface area contributed by atoms with E-state index in [0.29, 0.717) is 38.7 Å². The van der Waals surface area contributed by atoms with Gasteiger partial charge in [0.05, 0.1) is 43.6 Å². The molecule has 0 heterocycles. The summed E-state index contributed by atoms with van der Waals surface area (Å²) in [5.74, 6) is 1.20. The molecule has 8 heteroatoms. The normalized spacial score (nSPS) is 10.1. The Morgan fingerprint density at radius 3 is 2.16 bits per heavy atom. The second kappa shape index (κ2) is 8.69. The smallest absolute Gasteiger partial charge is 0.243 e. The highest BCUT2D eigenvalue weighted by Gasteiger charge is 2.12. The van der Waals surface area contributed by atoms with E-state index in [9.17, 15) is 4.79 Å². The minimum atomic E-state index is -0.272. The first kappa shape index (κ1) is 19.0. The number of carbonyl (C=O) groups excluding carboxylic acids is 1. The van der Waals surface area contributed by atoms with E-state index in [4.69, 9.17) is 37.4 Å². The number of hydrogen-bond donors (Lipinski definition) is 2. The highest BCUT2D eigenvalue weighted by molar-refractivity contribution is 6.32. The first-order valence-electron chi connectivity index (χ1n) is 7.27. The van der Waals surface area contributed by atoms with Crippen molar-refractivity contribution in [3.8, 4) is 17.2 Å². The van der Waals surface area contributed by atoms with Crippen LogP contribution >= 0.6 is 23.2 Å². The summed E-state index contributed by atoms with van der Waals surface area (Å²) in [5.41, 5.74) is 1.15. The Morgan fingerprint density at radius 2 is 1.56 bits per heavy atom. The molecule has 2 N–H and O–H groups in total. The highest BCUT2D eigenvalue weighted by Crippen LogP contribution is 2.35. The van der Waals surface area contributed by atoms with Crippen molar-refractivity contribution in [2.24, 2.45) is 0 Å². The van der Waals surface area contributed by atoms with Gasteiger partial charge in [-0.15, -0.1) is 0 Å². The summed E-state index contributed by atoms with van der Waals surface area (Å²) in [7, 11) is 4.54. The molecule has 2 aromatic carbocycles. The molecule has 0 saturated carbocycles. The summed E-state index contributed by atoms with van der Waals surface area (Å²) in [6, 6.07) is 8.34. The van der Waals surface area contributed by atoms with E-state index < -0.39 is 0 Å². The van der Waals surface area contributed by atoms with Crippen molar-refractivity contribution in [1.29, 1.82) is 0 Å². The van der Waals surface area contributed by atoms with Crippen molar-refractivity contribution >= 4 is 40.5 Å². The van der Waals surface area contributed by atoms with Crippen LogP contribution in [0.1, 0.15) is 0 Å². The quantitative estimate of drug-likeness (QED) is 0.752. The summed E-state index contributed by atoms with van der Waals surface area (Å²) in [6.45, 7) is 0.0372. The maximum absolute atomic E-state index is 12.2. The summed E-state index contributed by atoms with van der Waals surface area (Å²) in [4.78, 5) is 12.2. The van der Waals surface area contributed by atoms with Crippen LogP contribution in [0.3, 0.4) is 0 Å². The van der Waals surface area contributed by atoms with Gasteiger partial charge in [0.25, 0.3) is 0 Å². The van der Waals surface area contributed by atoms with Gasteiger partial charge in [-0.3, -0.25) is 4.79 Å². The van der Waals surface area contributed by atoms with Gasteiger partial charge in [-0.25, -0.2) is 0 Å². The average molecular weight is 385 g/mol. The predicted molar refractivity (Wildman–Crippen MR) is 99.7 cm³/mol. The molecular weight excluding hydrogens is 367 g/mol. The van der Waals surface area contributed by atoms with Crippen molar-refractivity contribution in [1.82, 2.24) is 0 Å². The number of anilines is 2. The molecule has 0 fully saturated rings. The lowest BCUT2D eigenvalue weighted by molar-refractivity contribution is -0.114. The lowest BCUT2D eigenvalue weighted by atomic mass is 10.2. The van der Waals surface area contributed by atoms with Crippen molar-refractivity contribution in [2.45, 2.75) is 0 Å². The molecule has 0 unspecified atom stereocenters. The van der Waals surface area contributed by atoms with E-state index in [-0.39, 0.29) is 12.5 Å². The van der Waals surface area contributed by atoms with E-state index in [0.717, 1.165) is 0 Å². The topological polar surface area (TPSA) is 68.8 Å². The first-order valence-corrected chi connectivity index (χ1v) is 8.02.